The number of rotatable bonds is 8. The molecule has 0 unspecified atom stereocenters. The Balaban J connectivity index is 2.07. The summed E-state index contributed by atoms with van der Waals surface area (Å²) in [6, 6.07) is 5.45. The first-order valence-electron chi connectivity index (χ1n) is 6.99. The number of benzene rings is 1. The number of aromatic nitrogens is 3. The highest BCUT2D eigenvalue weighted by Gasteiger charge is 2.15. The number of nitrogens with two attached hydrogens (primary N) is 1. The molecule has 126 valence electrons. The maximum absolute atomic E-state index is 12.9. The summed E-state index contributed by atoms with van der Waals surface area (Å²) in [4.78, 5) is 23.0. The van der Waals surface area contributed by atoms with Gasteiger partial charge >= 0.3 is 0 Å². The number of carbonyl (C=O) groups excluding carboxylic acids is 2. The molecule has 1 aromatic carbocycles. The Hall–Kier alpha value is -2.68. The van der Waals surface area contributed by atoms with E-state index in [0.29, 0.717) is 23.2 Å². The highest BCUT2D eigenvalue weighted by Crippen LogP contribution is 2.17. The van der Waals surface area contributed by atoms with Crippen molar-refractivity contribution in [2.24, 2.45) is 5.73 Å². The quantitative estimate of drug-likeness (QED) is 0.553. The second-order valence-electron chi connectivity index (χ2n) is 4.78. The van der Waals surface area contributed by atoms with Crippen LogP contribution in [-0.4, -0.2) is 32.3 Å². The largest absolute Gasteiger partial charge is 0.369 e. The molecule has 0 radical (unpaired) electrons. The zero-order valence-electron chi connectivity index (χ0n) is 12.7. The van der Waals surface area contributed by atoms with Crippen LogP contribution >= 0.6 is 11.8 Å². The topological polar surface area (TPSA) is 103 Å². The SMILES string of the molecule is C=CCn1c(CC(=O)Nc2ccc(F)cc2)nnc1SCC(N)=O. The van der Waals surface area contributed by atoms with Crippen LogP contribution in [0.5, 0.6) is 0 Å². The molecule has 0 atom stereocenters. The van der Waals surface area contributed by atoms with E-state index in [9.17, 15) is 14.0 Å². The third kappa shape index (κ3) is 4.92. The first-order chi connectivity index (χ1) is 11.5. The van der Waals surface area contributed by atoms with Gasteiger partial charge in [-0.3, -0.25) is 9.59 Å². The van der Waals surface area contributed by atoms with Crippen molar-refractivity contribution in [2.45, 2.75) is 18.1 Å². The Morgan fingerprint density at radius 1 is 1.33 bits per heavy atom. The summed E-state index contributed by atoms with van der Waals surface area (Å²) < 4.78 is 14.5. The predicted octanol–water partition coefficient (Wildman–Crippen LogP) is 1.36. The lowest BCUT2D eigenvalue weighted by atomic mass is 10.3. The van der Waals surface area contributed by atoms with E-state index in [2.05, 4.69) is 22.1 Å². The van der Waals surface area contributed by atoms with Crippen molar-refractivity contribution in [3.8, 4) is 0 Å². The molecular weight excluding hydrogens is 333 g/mol. The molecule has 2 aromatic rings. The lowest BCUT2D eigenvalue weighted by Gasteiger charge is -2.08. The van der Waals surface area contributed by atoms with Crippen molar-refractivity contribution < 1.29 is 14.0 Å². The van der Waals surface area contributed by atoms with Crippen molar-refractivity contribution in [1.82, 2.24) is 14.8 Å². The Morgan fingerprint density at radius 2 is 2.04 bits per heavy atom. The van der Waals surface area contributed by atoms with Gasteiger partial charge in [0.2, 0.25) is 11.8 Å². The van der Waals surface area contributed by atoms with E-state index >= 15 is 0 Å². The molecular formula is C15H16FN5O2S. The normalized spacial score (nSPS) is 10.4. The molecule has 1 aromatic heterocycles. The van der Waals surface area contributed by atoms with E-state index in [-0.39, 0.29) is 23.9 Å². The number of anilines is 1. The van der Waals surface area contributed by atoms with E-state index in [0.717, 1.165) is 11.8 Å². The zero-order chi connectivity index (χ0) is 17.5. The van der Waals surface area contributed by atoms with Crippen LogP contribution < -0.4 is 11.1 Å². The first kappa shape index (κ1) is 17.7. The van der Waals surface area contributed by atoms with Gasteiger partial charge in [0, 0.05) is 12.2 Å². The Bertz CT molecular complexity index is 745. The highest BCUT2D eigenvalue weighted by molar-refractivity contribution is 7.99. The molecule has 24 heavy (non-hydrogen) atoms. The van der Waals surface area contributed by atoms with Gasteiger partial charge in [-0.2, -0.15) is 0 Å². The number of allylic oxidation sites excluding steroid dienone is 1. The van der Waals surface area contributed by atoms with E-state index in [1.807, 2.05) is 0 Å². The number of amides is 2. The van der Waals surface area contributed by atoms with Crippen molar-refractivity contribution in [3.05, 3.63) is 48.6 Å². The minimum absolute atomic E-state index is 0.0185. The fourth-order valence-electron chi connectivity index (χ4n) is 1.89. The molecule has 3 N–H and O–H groups in total. The molecule has 0 bridgehead atoms. The molecule has 2 amide bonds. The monoisotopic (exact) mass is 349 g/mol. The molecule has 0 spiro atoms. The van der Waals surface area contributed by atoms with E-state index in [1.54, 1.807) is 10.6 Å². The van der Waals surface area contributed by atoms with Crippen LogP contribution in [-0.2, 0) is 22.6 Å². The van der Waals surface area contributed by atoms with Gasteiger partial charge in [0.15, 0.2) is 5.16 Å². The molecule has 0 fully saturated rings. The maximum atomic E-state index is 12.9. The van der Waals surface area contributed by atoms with Gasteiger partial charge in [-0.05, 0) is 24.3 Å². The third-order valence-corrected chi connectivity index (χ3v) is 3.88. The molecule has 1 heterocycles. The van der Waals surface area contributed by atoms with Gasteiger partial charge in [0.1, 0.15) is 11.6 Å². The Kier molecular flexibility index (Phi) is 6.07. The fraction of sp³-hybridized carbons (Fsp3) is 0.200. The molecule has 2 rings (SSSR count). The number of nitrogens with zero attached hydrogens (tertiary/aromatic N) is 3. The van der Waals surface area contributed by atoms with Gasteiger partial charge < -0.3 is 15.6 Å². The maximum Gasteiger partial charge on any atom is 0.232 e. The summed E-state index contributed by atoms with van der Waals surface area (Å²) in [5, 5.41) is 11.1. The molecule has 0 saturated carbocycles. The van der Waals surface area contributed by atoms with Gasteiger partial charge in [0.05, 0.1) is 12.2 Å². The average molecular weight is 349 g/mol. The number of primary amides is 1. The lowest BCUT2D eigenvalue weighted by Crippen LogP contribution is -2.18. The molecule has 0 aliphatic rings. The second kappa shape index (κ2) is 8.25. The number of hydrogen-bond acceptors (Lipinski definition) is 5. The van der Waals surface area contributed by atoms with E-state index in [4.69, 9.17) is 5.73 Å². The predicted molar refractivity (Wildman–Crippen MR) is 88.9 cm³/mol. The van der Waals surface area contributed by atoms with E-state index in [1.165, 1.54) is 24.3 Å². The van der Waals surface area contributed by atoms with Gasteiger partial charge in [-0.15, -0.1) is 16.8 Å². The van der Waals surface area contributed by atoms with Crippen molar-refractivity contribution in [1.29, 1.82) is 0 Å². The van der Waals surface area contributed by atoms with Crippen LogP contribution in [0, 0.1) is 5.82 Å². The molecule has 9 heteroatoms. The summed E-state index contributed by atoms with van der Waals surface area (Å²) in [6.07, 6.45) is 1.62. The summed E-state index contributed by atoms with van der Waals surface area (Å²) in [5.41, 5.74) is 5.61. The minimum atomic E-state index is -0.469. The third-order valence-electron chi connectivity index (χ3n) is 2.90. The van der Waals surface area contributed by atoms with Crippen LogP contribution in [0.4, 0.5) is 10.1 Å². The number of nitrogens with one attached hydrogen (secondary N) is 1. The van der Waals surface area contributed by atoms with E-state index < -0.39 is 5.91 Å². The Labute approximate surface area is 142 Å². The zero-order valence-corrected chi connectivity index (χ0v) is 13.6. The molecule has 7 nitrogen and oxygen atoms in total. The Morgan fingerprint density at radius 3 is 2.67 bits per heavy atom. The lowest BCUT2D eigenvalue weighted by molar-refractivity contribution is -0.116. The van der Waals surface area contributed by atoms with Gasteiger partial charge in [-0.25, -0.2) is 4.39 Å². The van der Waals surface area contributed by atoms with Gasteiger partial charge in [0.25, 0.3) is 0 Å². The van der Waals surface area contributed by atoms with Crippen LogP contribution in [0.3, 0.4) is 0 Å². The van der Waals surface area contributed by atoms with Crippen molar-refractivity contribution in [2.75, 3.05) is 11.1 Å². The second-order valence-corrected chi connectivity index (χ2v) is 5.73. The molecule has 0 aliphatic heterocycles. The summed E-state index contributed by atoms with van der Waals surface area (Å²) in [7, 11) is 0. The highest BCUT2D eigenvalue weighted by atomic mass is 32.2. The number of carbonyl (C=O) groups is 2. The molecule has 0 saturated heterocycles. The number of hydrogen-bond donors (Lipinski definition) is 2. The van der Waals surface area contributed by atoms with Crippen LogP contribution in [0.1, 0.15) is 5.82 Å². The van der Waals surface area contributed by atoms with Crippen molar-refractivity contribution in [3.63, 3.8) is 0 Å². The minimum Gasteiger partial charge on any atom is -0.369 e. The first-order valence-corrected chi connectivity index (χ1v) is 7.97. The fourth-order valence-corrected chi connectivity index (χ4v) is 2.59. The van der Waals surface area contributed by atoms with Gasteiger partial charge in [-0.1, -0.05) is 17.8 Å². The molecule has 0 aliphatic carbocycles. The smallest absolute Gasteiger partial charge is 0.232 e. The average Bonchev–Trinajstić information content (AvgIpc) is 2.90. The number of thioether (sulfide) groups is 1. The van der Waals surface area contributed by atoms with Crippen LogP contribution in [0.15, 0.2) is 42.1 Å². The number of halogens is 1. The van der Waals surface area contributed by atoms with Crippen molar-refractivity contribution >= 4 is 29.3 Å². The summed E-state index contributed by atoms with van der Waals surface area (Å²) in [5.74, 6) is -0.664. The summed E-state index contributed by atoms with van der Waals surface area (Å²) in [6.45, 7) is 4.05. The van der Waals surface area contributed by atoms with Crippen LogP contribution in [0.25, 0.3) is 0 Å². The standard InChI is InChI=1S/C15H16FN5O2S/c1-2-7-21-13(19-20-15(21)24-9-12(17)22)8-14(23)18-11-5-3-10(16)4-6-11/h2-6H,1,7-9H2,(H2,17,22)(H,18,23). The van der Waals surface area contributed by atoms with Crippen LogP contribution in [0.2, 0.25) is 0 Å². The summed E-state index contributed by atoms with van der Waals surface area (Å²) >= 11 is 1.14.